The molecule has 3 heterocycles. The lowest BCUT2D eigenvalue weighted by Gasteiger charge is -2.28. The van der Waals surface area contributed by atoms with Crippen molar-refractivity contribution in [1.82, 2.24) is 20.6 Å². The minimum atomic E-state index is 0.136. The minimum absolute atomic E-state index is 0.136. The maximum atomic E-state index is 5.81. The highest BCUT2D eigenvalue weighted by Crippen LogP contribution is 2.21. The van der Waals surface area contributed by atoms with Crippen molar-refractivity contribution >= 4 is 5.82 Å². The van der Waals surface area contributed by atoms with Gasteiger partial charge in [-0.3, -0.25) is 4.98 Å². The summed E-state index contributed by atoms with van der Waals surface area (Å²) in [7, 11) is 0. The van der Waals surface area contributed by atoms with Gasteiger partial charge >= 0.3 is 0 Å². The van der Waals surface area contributed by atoms with Gasteiger partial charge < -0.3 is 20.3 Å². The van der Waals surface area contributed by atoms with Crippen LogP contribution < -0.4 is 20.3 Å². The smallest absolute Gasteiger partial charge is 0.145 e. The van der Waals surface area contributed by atoms with E-state index >= 15 is 0 Å². The first kappa shape index (κ1) is 19.4. The summed E-state index contributed by atoms with van der Waals surface area (Å²) in [6, 6.07) is 18.1. The molecule has 29 heavy (non-hydrogen) atoms. The van der Waals surface area contributed by atoms with E-state index in [4.69, 9.17) is 4.74 Å². The molecule has 1 fully saturated rings. The fraction of sp³-hybridized carbons (Fsp3) is 0.304. The van der Waals surface area contributed by atoms with E-state index in [2.05, 4.69) is 44.6 Å². The molecule has 1 unspecified atom stereocenters. The molecule has 0 spiro atoms. The second kappa shape index (κ2) is 9.49. The van der Waals surface area contributed by atoms with Crippen molar-refractivity contribution in [3.8, 4) is 11.5 Å². The summed E-state index contributed by atoms with van der Waals surface area (Å²) in [6.07, 6.45) is 3.67. The van der Waals surface area contributed by atoms with Gasteiger partial charge in [0.15, 0.2) is 0 Å². The van der Waals surface area contributed by atoms with Crippen LogP contribution >= 0.6 is 0 Å². The van der Waals surface area contributed by atoms with Crippen molar-refractivity contribution in [3.05, 3.63) is 78.2 Å². The Balaban J connectivity index is 1.33. The van der Waals surface area contributed by atoms with Crippen molar-refractivity contribution < 1.29 is 4.74 Å². The zero-order valence-corrected chi connectivity index (χ0v) is 16.7. The van der Waals surface area contributed by atoms with Crippen molar-refractivity contribution in [2.24, 2.45) is 0 Å². The summed E-state index contributed by atoms with van der Waals surface area (Å²) in [4.78, 5) is 11.4. The maximum absolute atomic E-state index is 5.81. The third-order valence-electron chi connectivity index (χ3n) is 5.05. The van der Waals surface area contributed by atoms with Crippen LogP contribution in [0.15, 0.2) is 67.0 Å². The molecule has 3 aromatic rings. The Morgan fingerprint density at radius 2 is 1.86 bits per heavy atom. The Labute approximate surface area is 172 Å². The summed E-state index contributed by atoms with van der Waals surface area (Å²) < 4.78 is 5.81. The first-order valence-corrected chi connectivity index (χ1v) is 10.1. The molecule has 1 saturated heterocycles. The number of ether oxygens (including phenoxy) is 1. The number of hydrogen-bond donors (Lipinski definition) is 2. The first-order chi connectivity index (χ1) is 14.3. The van der Waals surface area contributed by atoms with Gasteiger partial charge in [-0.2, -0.15) is 0 Å². The second-order valence-electron chi connectivity index (χ2n) is 7.20. The van der Waals surface area contributed by atoms with E-state index in [0.29, 0.717) is 0 Å². The molecule has 0 bridgehead atoms. The Morgan fingerprint density at radius 1 is 1.03 bits per heavy atom. The van der Waals surface area contributed by atoms with Crippen LogP contribution in [0.4, 0.5) is 5.82 Å². The number of piperazine rings is 1. The van der Waals surface area contributed by atoms with Gasteiger partial charge in [-0.15, -0.1) is 0 Å². The maximum Gasteiger partial charge on any atom is 0.145 e. The molecule has 0 saturated carbocycles. The van der Waals surface area contributed by atoms with Crippen molar-refractivity contribution in [1.29, 1.82) is 0 Å². The standard InChI is InChI=1S/C23H27N5O/c1-18(22-8-7-21(17-27-22)29-20-5-3-2-4-6-20)26-16-19-9-10-25-23(15-19)28-13-11-24-12-14-28/h2-10,15,17-18,24,26H,11-14,16H2,1H3. The molecule has 4 rings (SSSR count). The van der Waals surface area contributed by atoms with Gasteiger partial charge in [-0.1, -0.05) is 18.2 Å². The van der Waals surface area contributed by atoms with Gasteiger partial charge in [0.25, 0.3) is 0 Å². The lowest BCUT2D eigenvalue weighted by atomic mass is 10.2. The van der Waals surface area contributed by atoms with Crippen LogP contribution in [0.5, 0.6) is 11.5 Å². The van der Waals surface area contributed by atoms with Crippen LogP contribution in [0, 0.1) is 0 Å². The van der Waals surface area contributed by atoms with Gasteiger partial charge in [0.05, 0.1) is 11.9 Å². The zero-order chi connectivity index (χ0) is 19.9. The Kier molecular flexibility index (Phi) is 6.34. The number of pyridine rings is 2. The van der Waals surface area contributed by atoms with Gasteiger partial charge in [-0.25, -0.2) is 4.98 Å². The average Bonchev–Trinajstić information content (AvgIpc) is 2.79. The molecule has 6 heteroatoms. The lowest BCUT2D eigenvalue weighted by molar-refractivity contribution is 0.478. The topological polar surface area (TPSA) is 62.3 Å². The number of nitrogens with zero attached hydrogens (tertiary/aromatic N) is 3. The highest BCUT2D eigenvalue weighted by atomic mass is 16.5. The van der Waals surface area contributed by atoms with Gasteiger partial charge in [0.2, 0.25) is 0 Å². The summed E-state index contributed by atoms with van der Waals surface area (Å²) >= 11 is 0. The monoisotopic (exact) mass is 389 g/mol. The van der Waals surface area contributed by atoms with E-state index in [-0.39, 0.29) is 6.04 Å². The largest absolute Gasteiger partial charge is 0.456 e. The molecule has 1 aromatic carbocycles. The number of para-hydroxylation sites is 1. The molecule has 1 aliphatic heterocycles. The lowest BCUT2D eigenvalue weighted by Crippen LogP contribution is -2.43. The second-order valence-corrected chi connectivity index (χ2v) is 7.20. The van der Waals surface area contributed by atoms with Crippen molar-refractivity contribution in [3.63, 3.8) is 0 Å². The molecule has 6 nitrogen and oxygen atoms in total. The number of rotatable bonds is 7. The van der Waals surface area contributed by atoms with Crippen LogP contribution in [-0.2, 0) is 6.54 Å². The van der Waals surface area contributed by atoms with Gasteiger partial charge in [-0.05, 0) is 48.9 Å². The predicted molar refractivity (Wildman–Crippen MR) is 115 cm³/mol. The SMILES string of the molecule is CC(NCc1ccnc(N2CCNCC2)c1)c1ccc(Oc2ccccc2)cn1. The van der Waals surface area contributed by atoms with Crippen molar-refractivity contribution in [2.45, 2.75) is 19.5 Å². The number of anilines is 1. The van der Waals surface area contributed by atoms with Crippen LogP contribution in [0.2, 0.25) is 0 Å². The van der Waals surface area contributed by atoms with E-state index in [0.717, 1.165) is 55.7 Å². The normalized spacial score (nSPS) is 15.1. The van der Waals surface area contributed by atoms with Gasteiger partial charge in [0.1, 0.15) is 17.3 Å². The Morgan fingerprint density at radius 3 is 2.62 bits per heavy atom. The highest BCUT2D eigenvalue weighted by Gasteiger charge is 2.12. The third kappa shape index (κ3) is 5.31. The summed E-state index contributed by atoms with van der Waals surface area (Å²) in [5, 5.41) is 6.93. The van der Waals surface area contributed by atoms with Crippen LogP contribution in [0.25, 0.3) is 0 Å². The van der Waals surface area contributed by atoms with Crippen LogP contribution in [0.3, 0.4) is 0 Å². The van der Waals surface area contributed by atoms with E-state index in [1.165, 1.54) is 5.56 Å². The quantitative estimate of drug-likeness (QED) is 0.645. The van der Waals surface area contributed by atoms with E-state index in [9.17, 15) is 0 Å². The Bertz CT molecular complexity index is 895. The first-order valence-electron chi connectivity index (χ1n) is 10.1. The summed E-state index contributed by atoms with van der Waals surface area (Å²) in [6.45, 7) is 6.92. The molecule has 0 radical (unpaired) electrons. The van der Waals surface area contributed by atoms with E-state index in [1.54, 1.807) is 6.20 Å². The molecule has 2 aromatic heterocycles. The number of aromatic nitrogens is 2. The molecular weight excluding hydrogens is 362 g/mol. The Hall–Kier alpha value is -2.96. The predicted octanol–water partition coefficient (Wildman–Crippen LogP) is 3.53. The van der Waals surface area contributed by atoms with Crippen LogP contribution in [-0.4, -0.2) is 36.1 Å². The fourth-order valence-corrected chi connectivity index (χ4v) is 3.35. The minimum Gasteiger partial charge on any atom is -0.456 e. The third-order valence-corrected chi connectivity index (χ3v) is 5.05. The number of benzene rings is 1. The van der Waals surface area contributed by atoms with Gasteiger partial charge in [0, 0.05) is 45.0 Å². The fourth-order valence-electron chi connectivity index (χ4n) is 3.35. The molecule has 1 aliphatic rings. The molecule has 0 amide bonds. The molecule has 2 N–H and O–H groups in total. The van der Waals surface area contributed by atoms with Crippen molar-refractivity contribution in [2.75, 3.05) is 31.1 Å². The summed E-state index contributed by atoms with van der Waals surface area (Å²) in [5.41, 5.74) is 2.21. The molecule has 150 valence electrons. The molecule has 1 atom stereocenters. The van der Waals surface area contributed by atoms with E-state index < -0.39 is 0 Å². The highest BCUT2D eigenvalue weighted by molar-refractivity contribution is 5.41. The number of nitrogens with one attached hydrogen (secondary N) is 2. The summed E-state index contributed by atoms with van der Waals surface area (Å²) in [5.74, 6) is 2.60. The average molecular weight is 390 g/mol. The zero-order valence-electron chi connectivity index (χ0n) is 16.7. The van der Waals surface area contributed by atoms with Crippen LogP contribution in [0.1, 0.15) is 24.2 Å². The van der Waals surface area contributed by atoms with E-state index in [1.807, 2.05) is 48.7 Å². The molecular formula is C23H27N5O. The number of hydrogen-bond acceptors (Lipinski definition) is 6. The molecule has 0 aliphatic carbocycles.